The van der Waals surface area contributed by atoms with Gasteiger partial charge in [0.05, 0.1) is 13.2 Å². The van der Waals surface area contributed by atoms with Gasteiger partial charge < -0.3 is 24.8 Å². The molecule has 2 rings (SSSR count). The van der Waals surface area contributed by atoms with Gasteiger partial charge in [0.15, 0.2) is 11.6 Å². The van der Waals surface area contributed by atoms with Crippen LogP contribution in [0, 0.1) is 0 Å². The number of carbonyl (C=O) groups excluding carboxylic acids is 2. The Kier molecular flexibility index (Phi) is 20.2. The van der Waals surface area contributed by atoms with Crippen molar-refractivity contribution in [3.8, 4) is 0 Å². The maximum Gasteiger partial charge on any atom is 0.193 e. The third-order valence-electron chi connectivity index (χ3n) is 8.97. The summed E-state index contributed by atoms with van der Waals surface area (Å²) in [4.78, 5) is 25.1. The molecule has 2 aromatic rings. The molecule has 7 heteroatoms. The number of Topliss-reactive ketones (excluding diaryl/α,β-unsaturated/α-hetero) is 2. The second-order valence-corrected chi connectivity index (χ2v) is 14.8. The lowest BCUT2D eigenvalue weighted by atomic mass is 9.92. The highest BCUT2D eigenvalue weighted by atomic mass is 16.5. The van der Waals surface area contributed by atoms with Crippen LogP contribution in [0.3, 0.4) is 0 Å². The molecule has 0 saturated heterocycles. The molecular formula is C42H66O7. The van der Waals surface area contributed by atoms with Crippen molar-refractivity contribution in [1.29, 1.82) is 0 Å². The average Bonchev–Trinajstić information content (AvgIpc) is 3.07. The molecule has 1 unspecified atom stereocenters. The van der Waals surface area contributed by atoms with Gasteiger partial charge in [-0.1, -0.05) is 152 Å². The Morgan fingerprint density at radius 3 is 1.27 bits per heavy atom. The van der Waals surface area contributed by atoms with E-state index >= 15 is 0 Å². The molecule has 7 nitrogen and oxygen atoms in total. The third kappa shape index (κ3) is 17.4. The molecule has 0 bridgehead atoms. The minimum atomic E-state index is -1.49. The molecular weight excluding hydrogens is 616 g/mol. The smallest absolute Gasteiger partial charge is 0.193 e. The van der Waals surface area contributed by atoms with Gasteiger partial charge >= 0.3 is 0 Å². The van der Waals surface area contributed by atoms with E-state index in [1.165, 1.54) is 118 Å². The van der Waals surface area contributed by atoms with Crippen LogP contribution in [0.15, 0.2) is 48.5 Å². The van der Waals surface area contributed by atoms with E-state index in [-0.39, 0.29) is 24.8 Å². The summed E-state index contributed by atoms with van der Waals surface area (Å²) in [5.74, 6) is -0.772. The zero-order valence-electron chi connectivity index (χ0n) is 31.2. The molecule has 0 amide bonds. The van der Waals surface area contributed by atoms with Crippen LogP contribution in [0.25, 0.3) is 0 Å². The molecule has 0 aliphatic heterocycles. The Hall–Kier alpha value is -2.42. The number of benzene rings is 2. The van der Waals surface area contributed by atoms with Gasteiger partial charge in [-0.25, -0.2) is 0 Å². The van der Waals surface area contributed by atoms with Crippen LogP contribution >= 0.6 is 0 Å². The predicted octanol–water partition coefficient (Wildman–Crippen LogP) is 9.34. The van der Waals surface area contributed by atoms with Crippen LogP contribution in [0.4, 0.5) is 0 Å². The fraction of sp³-hybridized carbons (Fsp3) is 0.667. The van der Waals surface area contributed by atoms with E-state index < -0.39 is 23.4 Å². The SMILES string of the molecule is CCCCCCCCCCCCCCCCCCOCC(O)COC(c1ccc(C(=O)C(C)(C)O)cc1)c1ccc(C(=O)C(C)(C)O)cc1. The van der Waals surface area contributed by atoms with E-state index in [1.54, 1.807) is 48.5 Å². The van der Waals surface area contributed by atoms with Crippen molar-refractivity contribution in [3.63, 3.8) is 0 Å². The largest absolute Gasteiger partial charge is 0.388 e. The summed E-state index contributed by atoms with van der Waals surface area (Å²) in [7, 11) is 0. The predicted molar refractivity (Wildman–Crippen MR) is 198 cm³/mol. The molecule has 0 aromatic heterocycles. The summed E-state index contributed by atoms with van der Waals surface area (Å²) < 4.78 is 12.0. The molecule has 49 heavy (non-hydrogen) atoms. The van der Waals surface area contributed by atoms with Crippen molar-refractivity contribution < 1.29 is 34.4 Å². The van der Waals surface area contributed by atoms with Gasteiger partial charge in [-0.3, -0.25) is 9.59 Å². The van der Waals surface area contributed by atoms with Crippen molar-refractivity contribution >= 4 is 11.6 Å². The highest BCUT2D eigenvalue weighted by Crippen LogP contribution is 2.28. The summed E-state index contributed by atoms with van der Waals surface area (Å²) in [6.45, 7) is 8.89. The first-order valence-electron chi connectivity index (χ1n) is 19.0. The lowest BCUT2D eigenvalue weighted by Gasteiger charge is -2.22. The van der Waals surface area contributed by atoms with Gasteiger partial charge in [0.1, 0.15) is 23.4 Å². The molecule has 3 N–H and O–H groups in total. The van der Waals surface area contributed by atoms with E-state index in [2.05, 4.69) is 6.92 Å². The van der Waals surface area contributed by atoms with Gasteiger partial charge in [0.2, 0.25) is 0 Å². The van der Waals surface area contributed by atoms with Gasteiger partial charge in [-0.15, -0.1) is 0 Å². The normalized spacial score (nSPS) is 12.8. The number of ether oxygens (including phenoxy) is 2. The van der Waals surface area contributed by atoms with Crippen molar-refractivity contribution in [2.45, 2.75) is 161 Å². The van der Waals surface area contributed by atoms with Gasteiger partial charge in [-0.2, -0.15) is 0 Å². The maximum absolute atomic E-state index is 12.5. The molecule has 0 radical (unpaired) electrons. The van der Waals surface area contributed by atoms with E-state index in [0.29, 0.717) is 17.7 Å². The molecule has 0 saturated carbocycles. The molecule has 1 atom stereocenters. The molecule has 2 aromatic carbocycles. The maximum atomic E-state index is 12.5. The van der Waals surface area contributed by atoms with Crippen molar-refractivity contribution in [1.82, 2.24) is 0 Å². The summed E-state index contributed by atoms with van der Waals surface area (Å²) >= 11 is 0. The number of rotatable bonds is 28. The van der Waals surface area contributed by atoms with E-state index in [0.717, 1.165) is 24.0 Å². The summed E-state index contributed by atoms with van der Waals surface area (Å²) in [5.41, 5.74) is -0.731. The number of unbranched alkanes of at least 4 members (excludes halogenated alkanes) is 15. The molecule has 0 heterocycles. The standard InChI is InChI=1S/C42H66O7/c1-6-7-8-9-10-11-12-13-14-15-16-17-18-19-20-21-30-48-31-37(43)32-49-38(33-22-26-35(27-23-33)39(44)41(2,3)46)34-24-28-36(29-25-34)40(45)42(4,5)47/h22-29,37-38,43,46-47H,6-21,30-32H2,1-5H3. The first kappa shape index (κ1) is 42.7. The Morgan fingerprint density at radius 1 is 0.571 bits per heavy atom. The lowest BCUT2D eigenvalue weighted by Crippen LogP contribution is -2.31. The second-order valence-electron chi connectivity index (χ2n) is 14.8. The van der Waals surface area contributed by atoms with E-state index in [9.17, 15) is 24.9 Å². The number of hydrogen-bond acceptors (Lipinski definition) is 7. The first-order chi connectivity index (χ1) is 23.3. The van der Waals surface area contributed by atoms with Crippen LogP contribution in [0.5, 0.6) is 0 Å². The molecule has 0 aliphatic rings. The summed E-state index contributed by atoms with van der Waals surface area (Å²) in [6, 6.07) is 13.6. The van der Waals surface area contributed by atoms with Crippen molar-refractivity contribution in [3.05, 3.63) is 70.8 Å². The zero-order chi connectivity index (χ0) is 36.1. The van der Waals surface area contributed by atoms with Crippen molar-refractivity contribution in [2.75, 3.05) is 19.8 Å². The first-order valence-corrected chi connectivity index (χ1v) is 19.0. The zero-order valence-corrected chi connectivity index (χ0v) is 31.2. The lowest BCUT2D eigenvalue weighted by molar-refractivity contribution is -0.0360. The number of aliphatic hydroxyl groups excluding tert-OH is 1. The Balaban J connectivity index is 1.73. The Labute approximate surface area is 296 Å². The van der Waals surface area contributed by atoms with Crippen LogP contribution in [0.1, 0.15) is 175 Å². The highest BCUT2D eigenvalue weighted by Gasteiger charge is 2.27. The van der Waals surface area contributed by atoms with E-state index in [4.69, 9.17) is 9.47 Å². The third-order valence-corrected chi connectivity index (χ3v) is 8.97. The molecule has 276 valence electrons. The fourth-order valence-corrected chi connectivity index (χ4v) is 5.94. The molecule has 0 fully saturated rings. The van der Waals surface area contributed by atoms with Crippen LogP contribution < -0.4 is 0 Å². The molecule has 0 spiro atoms. The summed E-state index contributed by atoms with van der Waals surface area (Å²) in [5, 5.41) is 30.9. The fourth-order valence-electron chi connectivity index (χ4n) is 5.94. The highest BCUT2D eigenvalue weighted by molar-refractivity contribution is 6.02. The van der Waals surface area contributed by atoms with Gasteiger partial charge in [0, 0.05) is 17.7 Å². The Bertz CT molecular complexity index is 1110. The topological polar surface area (TPSA) is 113 Å². The van der Waals surface area contributed by atoms with Gasteiger partial charge in [-0.05, 0) is 45.2 Å². The number of ketones is 2. The average molecular weight is 683 g/mol. The quantitative estimate of drug-likeness (QED) is 0.0606. The number of hydrogen-bond donors (Lipinski definition) is 3. The Morgan fingerprint density at radius 2 is 0.918 bits per heavy atom. The van der Waals surface area contributed by atoms with Crippen LogP contribution in [-0.4, -0.2) is 64.0 Å². The minimum Gasteiger partial charge on any atom is -0.388 e. The van der Waals surface area contributed by atoms with Crippen LogP contribution in [0.2, 0.25) is 0 Å². The number of carbonyl (C=O) groups is 2. The van der Waals surface area contributed by atoms with Gasteiger partial charge in [0.25, 0.3) is 0 Å². The van der Waals surface area contributed by atoms with Crippen LogP contribution in [-0.2, 0) is 9.47 Å². The second kappa shape index (κ2) is 23.1. The summed E-state index contributed by atoms with van der Waals surface area (Å²) in [6.07, 6.45) is 19.7. The monoisotopic (exact) mass is 682 g/mol. The van der Waals surface area contributed by atoms with Crippen molar-refractivity contribution in [2.24, 2.45) is 0 Å². The number of aliphatic hydroxyl groups is 3. The minimum absolute atomic E-state index is 0.0261. The molecule has 0 aliphatic carbocycles. The van der Waals surface area contributed by atoms with E-state index in [1.807, 2.05) is 0 Å².